The Morgan fingerprint density at radius 3 is 1.85 bits per heavy atom. The predicted molar refractivity (Wildman–Crippen MR) is 75.5 cm³/mol. The van der Waals surface area contributed by atoms with Crippen molar-refractivity contribution < 1.29 is 0 Å². The fourth-order valence-electron chi connectivity index (χ4n) is 3.18. The molecule has 0 bridgehead atoms. The van der Waals surface area contributed by atoms with Crippen molar-refractivity contribution in [3.63, 3.8) is 0 Å². The maximum Gasteiger partial charge on any atom is 0.225 e. The Kier molecular flexibility index (Phi) is 2.55. The topological polar surface area (TPSA) is 58.0 Å². The molecule has 0 radical (unpaired) electrons. The molecule has 2 aliphatic heterocycles. The van der Waals surface area contributed by atoms with E-state index in [1.165, 1.54) is 6.42 Å². The molecule has 0 saturated carbocycles. The maximum absolute atomic E-state index is 4.34. The first-order valence-corrected chi connectivity index (χ1v) is 6.89. The standard InChI is InChI=1S/C14H16N6/c1-4-15-12(16-5-1)19-8-3-14(9-19)10-20(11-14)13-17-6-2-7-18-13/h1-2,4-7H,3,8-11H2. The van der Waals surface area contributed by atoms with E-state index in [0.29, 0.717) is 5.41 Å². The van der Waals surface area contributed by atoms with Crippen molar-refractivity contribution >= 4 is 11.9 Å². The molecule has 1 spiro atoms. The smallest absolute Gasteiger partial charge is 0.225 e. The van der Waals surface area contributed by atoms with E-state index < -0.39 is 0 Å². The molecule has 6 heteroatoms. The van der Waals surface area contributed by atoms with Gasteiger partial charge in [0, 0.05) is 56.4 Å². The average molecular weight is 268 g/mol. The van der Waals surface area contributed by atoms with Crippen LogP contribution in [0, 0.1) is 5.41 Å². The van der Waals surface area contributed by atoms with Crippen molar-refractivity contribution in [1.29, 1.82) is 0 Å². The Bertz CT molecular complexity index is 581. The minimum atomic E-state index is 0.360. The molecule has 2 fully saturated rings. The van der Waals surface area contributed by atoms with Crippen LogP contribution in [-0.2, 0) is 0 Å². The number of hydrogen-bond acceptors (Lipinski definition) is 6. The second-order valence-corrected chi connectivity index (χ2v) is 5.63. The minimum absolute atomic E-state index is 0.360. The number of anilines is 2. The summed E-state index contributed by atoms with van der Waals surface area (Å²) in [4.78, 5) is 21.8. The van der Waals surface area contributed by atoms with Crippen LogP contribution in [0.25, 0.3) is 0 Å². The lowest BCUT2D eigenvalue weighted by atomic mass is 9.79. The Morgan fingerprint density at radius 1 is 0.750 bits per heavy atom. The Labute approximate surface area is 117 Å². The largest absolute Gasteiger partial charge is 0.340 e. The van der Waals surface area contributed by atoms with Gasteiger partial charge in [-0.15, -0.1) is 0 Å². The SMILES string of the molecule is c1cnc(N2CCC3(C2)CN(c2ncccn2)C3)nc1. The van der Waals surface area contributed by atoms with Gasteiger partial charge in [0.2, 0.25) is 11.9 Å². The second-order valence-electron chi connectivity index (χ2n) is 5.63. The summed E-state index contributed by atoms with van der Waals surface area (Å²) in [5.74, 6) is 1.69. The van der Waals surface area contributed by atoms with Gasteiger partial charge < -0.3 is 9.80 Å². The second kappa shape index (κ2) is 4.40. The van der Waals surface area contributed by atoms with Gasteiger partial charge in [-0.25, -0.2) is 19.9 Å². The molecule has 20 heavy (non-hydrogen) atoms. The summed E-state index contributed by atoms with van der Waals surface area (Å²) < 4.78 is 0. The summed E-state index contributed by atoms with van der Waals surface area (Å²) in [5.41, 5.74) is 0.360. The van der Waals surface area contributed by atoms with E-state index in [-0.39, 0.29) is 0 Å². The van der Waals surface area contributed by atoms with Crippen molar-refractivity contribution in [1.82, 2.24) is 19.9 Å². The van der Waals surface area contributed by atoms with Crippen molar-refractivity contribution in [2.45, 2.75) is 6.42 Å². The molecule has 0 amide bonds. The van der Waals surface area contributed by atoms with Crippen molar-refractivity contribution in [3.8, 4) is 0 Å². The number of rotatable bonds is 2. The van der Waals surface area contributed by atoms with Gasteiger partial charge in [-0.05, 0) is 18.6 Å². The van der Waals surface area contributed by atoms with Crippen molar-refractivity contribution in [3.05, 3.63) is 36.9 Å². The number of aromatic nitrogens is 4. The zero-order chi connectivity index (χ0) is 13.4. The molecule has 0 aliphatic carbocycles. The van der Waals surface area contributed by atoms with Crippen LogP contribution < -0.4 is 9.80 Å². The first-order valence-electron chi connectivity index (χ1n) is 6.89. The molecule has 0 aromatic carbocycles. The molecule has 2 saturated heterocycles. The molecule has 2 aromatic heterocycles. The molecular formula is C14H16N6. The molecule has 6 nitrogen and oxygen atoms in total. The Hall–Kier alpha value is -2.24. The van der Waals surface area contributed by atoms with Gasteiger partial charge in [0.25, 0.3) is 0 Å². The van der Waals surface area contributed by atoms with Crippen LogP contribution in [0.15, 0.2) is 36.9 Å². The van der Waals surface area contributed by atoms with Crippen LogP contribution >= 0.6 is 0 Å². The van der Waals surface area contributed by atoms with Crippen LogP contribution in [0.3, 0.4) is 0 Å². The predicted octanol–water partition coefficient (Wildman–Crippen LogP) is 0.983. The molecule has 0 N–H and O–H groups in total. The highest BCUT2D eigenvalue weighted by Gasteiger charge is 2.48. The number of hydrogen-bond donors (Lipinski definition) is 0. The van der Waals surface area contributed by atoms with Gasteiger partial charge in [-0.1, -0.05) is 0 Å². The first kappa shape index (κ1) is 11.6. The third-order valence-electron chi connectivity index (χ3n) is 4.16. The summed E-state index contributed by atoms with van der Waals surface area (Å²) in [6.07, 6.45) is 8.39. The van der Waals surface area contributed by atoms with E-state index in [4.69, 9.17) is 0 Å². The molecule has 0 unspecified atom stereocenters. The fourth-order valence-corrected chi connectivity index (χ4v) is 3.18. The van der Waals surface area contributed by atoms with E-state index in [2.05, 4.69) is 29.7 Å². The van der Waals surface area contributed by atoms with Crippen LogP contribution in [-0.4, -0.2) is 46.1 Å². The van der Waals surface area contributed by atoms with E-state index in [9.17, 15) is 0 Å². The molecule has 4 heterocycles. The van der Waals surface area contributed by atoms with Gasteiger partial charge in [0.15, 0.2) is 0 Å². The van der Waals surface area contributed by atoms with Crippen molar-refractivity contribution in [2.24, 2.45) is 5.41 Å². The van der Waals surface area contributed by atoms with E-state index in [1.54, 1.807) is 24.8 Å². The lowest BCUT2D eigenvalue weighted by molar-refractivity contribution is 0.243. The average Bonchev–Trinajstić information content (AvgIpc) is 2.93. The zero-order valence-corrected chi connectivity index (χ0v) is 11.2. The summed E-state index contributed by atoms with van der Waals surface area (Å²) in [5, 5.41) is 0. The van der Waals surface area contributed by atoms with Gasteiger partial charge in [-0.2, -0.15) is 0 Å². The third kappa shape index (κ3) is 1.88. The van der Waals surface area contributed by atoms with E-state index in [0.717, 1.165) is 38.1 Å². The molecule has 2 aromatic rings. The minimum Gasteiger partial charge on any atom is -0.340 e. The molecule has 102 valence electrons. The highest BCUT2D eigenvalue weighted by molar-refractivity contribution is 5.40. The summed E-state index contributed by atoms with van der Waals surface area (Å²) in [7, 11) is 0. The molecular weight excluding hydrogens is 252 g/mol. The van der Waals surface area contributed by atoms with Gasteiger partial charge in [0.05, 0.1) is 0 Å². The molecule has 0 atom stereocenters. The maximum atomic E-state index is 4.34. The molecule has 4 rings (SSSR count). The van der Waals surface area contributed by atoms with Crippen molar-refractivity contribution in [2.75, 3.05) is 36.0 Å². The first-order chi connectivity index (χ1) is 9.85. The summed E-state index contributed by atoms with van der Waals surface area (Å²) >= 11 is 0. The highest BCUT2D eigenvalue weighted by atomic mass is 15.3. The normalized spacial score (nSPS) is 20.2. The zero-order valence-electron chi connectivity index (χ0n) is 11.2. The Balaban J connectivity index is 1.43. The summed E-state index contributed by atoms with van der Waals surface area (Å²) in [6.45, 7) is 4.12. The van der Waals surface area contributed by atoms with Gasteiger partial charge in [-0.3, -0.25) is 0 Å². The van der Waals surface area contributed by atoms with E-state index in [1.807, 2.05) is 12.1 Å². The van der Waals surface area contributed by atoms with Crippen LogP contribution in [0.4, 0.5) is 11.9 Å². The summed E-state index contributed by atoms with van der Waals surface area (Å²) in [6, 6.07) is 3.70. The highest BCUT2D eigenvalue weighted by Crippen LogP contribution is 2.41. The van der Waals surface area contributed by atoms with Gasteiger partial charge in [0.1, 0.15) is 0 Å². The van der Waals surface area contributed by atoms with Gasteiger partial charge >= 0.3 is 0 Å². The third-order valence-corrected chi connectivity index (χ3v) is 4.16. The lowest BCUT2D eigenvalue weighted by Gasteiger charge is -2.47. The quantitative estimate of drug-likeness (QED) is 0.809. The fraction of sp³-hybridized carbons (Fsp3) is 0.429. The lowest BCUT2D eigenvalue weighted by Crippen LogP contribution is -2.58. The van der Waals surface area contributed by atoms with E-state index >= 15 is 0 Å². The Morgan fingerprint density at radius 2 is 1.25 bits per heavy atom. The monoisotopic (exact) mass is 268 g/mol. The van der Waals surface area contributed by atoms with Crippen LogP contribution in [0.2, 0.25) is 0 Å². The number of nitrogens with zero attached hydrogens (tertiary/aromatic N) is 6. The van der Waals surface area contributed by atoms with Crippen LogP contribution in [0.5, 0.6) is 0 Å². The van der Waals surface area contributed by atoms with Crippen LogP contribution in [0.1, 0.15) is 6.42 Å². The molecule has 2 aliphatic rings.